The summed E-state index contributed by atoms with van der Waals surface area (Å²) < 4.78 is 16.0. The number of methoxy groups -OCH3 is 3. The maximum absolute atomic E-state index is 12.2. The highest BCUT2D eigenvalue weighted by Gasteiger charge is 2.16. The molecule has 0 aliphatic heterocycles. The summed E-state index contributed by atoms with van der Waals surface area (Å²) in [6.45, 7) is 2.31. The molecule has 0 unspecified atom stereocenters. The third-order valence-electron chi connectivity index (χ3n) is 3.54. The zero-order valence-electron chi connectivity index (χ0n) is 13.8. The Bertz CT molecular complexity index is 680. The van der Waals surface area contributed by atoms with E-state index in [1.165, 1.54) is 0 Å². The molecule has 0 fully saturated rings. The highest BCUT2D eigenvalue weighted by atomic mass is 16.5. The predicted octanol–water partition coefficient (Wildman–Crippen LogP) is 2.95. The molecule has 0 aliphatic carbocycles. The number of rotatable bonds is 6. The summed E-state index contributed by atoms with van der Waals surface area (Å²) in [4.78, 5) is 12.2. The third kappa shape index (κ3) is 3.74. The highest BCUT2D eigenvalue weighted by molar-refractivity contribution is 5.94. The molecule has 0 bridgehead atoms. The number of amides is 1. The summed E-state index contributed by atoms with van der Waals surface area (Å²) in [5.41, 5.74) is 2.55. The summed E-state index contributed by atoms with van der Waals surface area (Å²) in [5.74, 6) is 1.51. The molecule has 0 saturated carbocycles. The van der Waals surface area contributed by atoms with E-state index >= 15 is 0 Å². The second kappa shape index (κ2) is 7.54. The molecule has 23 heavy (non-hydrogen) atoms. The lowest BCUT2D eigenvalue weighted by Crippen LogP contribution is -2.23. The third-order valence-corrected chi connectivity index (χ3v) is 3.54. The Hall–Kier alpha value is -2.69. The van der Waals surface area contributed by atoms with Crippen molar-refractivity contribution in [3.8, 4) is 17.2 Å². The van der Waals surface area contributed by atoms with E-state index in [2.05, 4.69) is 5.32 Å². The van der Waals surface area contributed by atoms with Crippen LogP contribution in [0.15, 0.2) is 36.4 Å². The van der Waals surface area contributed by atoms with Crippen molar-refractivity contribution in [2.75, 3.05) is 21.3 Å². The first kappa shape index (κ1) is 16.7. The topological polar surface area (TPSA) is 56.8 Å². The maximum Gasteiger partial charge on any atom is 0.251 e. The van der Waals surface area contributed by atoms with Crippen LogP contribution in [0.2, 0.25) is 0 Å². The molecule has 0 atom stereocenters. The Labute approximate surface area is 136 Å². The van der Waals surface area contributed by atoms with Crippen LogP contribution in [0, 0.1) is 6.92 Å². The molecule has 0 saturated heterocycles. The van der Waals surface area contributed by atoms with E-state index in [9.17, 15) is 4.79 Å². The van der Waals surface area contributed by atoms with Crippen molar-refractivity contribution in [3.63, 3.8) is 0 Å². The minimum absolute atomic E-state index is 0.137. The van der Waals surface area contributed by atoms with E-state index in [-0.39, 0.29) is 5.91 Å². The van der Waals surface area contributed by atoms with Crippen LogP contribution in [0.4, 0.5) is 0 Å². The average Bonchev–Trinajstić information content (AvgIpc) is 2.59. The Morgan fingerprint density at radius 2 is 1.57 bits per heavy atom. The number of hydrogen-bond acceptors (Lipinski definition) is 4. The molecule has 2 aromatic rings. The zero-order chi connectivity index (χ0) is 16.8. The fraction of sp³-hybridized carbons (Fsp3) is 0.278. The van der Waals surface area contributed by atoms with Crippen LogP contribution >= 0.6 is 0 Å². The quantitative estimate of drug-likeness (QED) is 0.890. The van der Waals surface area contributed by atoms with E-state index in [0.717, 1.165) is 11.1 Å². The van der Waals surface area contributed by atoms with Crippen LogP contribution < -0.4 is 19.5 Å². The maximum atomic E-state index is 12.2. The van der Waals surface area contributed by atoms with E-state index < -0.39 is 0 Å². The van der Waals surface area contributed by atoms with Gasteiger partial charge >= 0.3 is 0 Å². The lowest BCUT2D eigenvalue weighted by molar-refractivity contribution is 0.0950. The first-order valence-electron chi connectivity index (χ1n) is 7.23. The average molecular weight is 315 g/mol. The molecular formula is C18H21NO4. The summed E-state index contributed by atoms with van der Waals surface area (Å²) in [6, 6.07) is 11.1. The zero-order valence-corrected chi connectivity index (χ0v) is 13.8. The Balaban J connectivity index is 2.17. The summed E-state index contributed by atoms with van der Waals surface area (Å²) in [7, 11) is 4.67. The van der Waals surface area contributed by atoms with E-state index in [0.29, 0.717) is 29.4 Å². The molecule has 1 N–H and O–H groups in total. The molecule has 0 spiro atoms. The van der Waals surface area contributed by atoms with Crippen molar-refractivity contribution in [2.45, 2.75) is 13.5 Å². The van der Waals surface area contributed by atoms with Crippen LogP contribution in [-0.2, 0) is 6.54 Å². The molecule has 2 aromatic carbocycles. The van der Waals surface area contributed by atoms with Gasteiger partial charge in [0, 0.05) is 17.7 Å². The molecule has 122 valence electrons. The fourth-order valence-corrected chi connectivity index (χ4v) is 2.28. The number of benzene rings is 2. The minimum Gasteiger partial charge on any atom is -0.493 e. The molecule has 5 nitrogen and oxygen atoms in total. The number of aryl methyl sites for hydroxylation is 1. The molecule has 0 radical (unpaired) electrons. The van der Waals surface area contributed by atoms with Gasteiger partial charge in [-0.1, -0.05) is 17.7 Å². The first-order chi connectivity index (χ1) is 11.1. The summed E-state index contributed by atoms with van der Waals surface area (Å²) in [6.07, 6.45) is 0. The standard InChI is InChI=1S/C18H21NO4/c1-12-5-7-13(8-6-12)18(20)19-11-14-9-10-15(21-2)17(23-4)16(14)22-3/h5-10H,11H2,1-4H3,(H,19,20). The van der Waals surface area contributed by atoms with Gasteiger partial charge in [0.2, 0.25) is 5.75 Å². The smallest absolute Gasteiger partial charge is 0.251 e. The van der Waals surface area contributed by atoms with Gasteiger partial charge in [-0.2, -0.15) is 0 Å². The van der Waals surface area contributed by atoms with Gasteiger partial charge < -0.3 is 19.5 Å². The van der Waals surface area contributed by atoms with E-state index in [4.69, 9.17) is 14.2 Å². The Kier molecular flexibility index (Phi) is 5.46. The Morgan fingerprint density at radius 1 is 0.913 bits per heavy atom. The first-order valence-corrected chi connectivity index (χ1v) is 7.23. The van der Waals surface area contributed by atoms with Gasteiger partial charge in [-0.3, -0.25) is 4.79 Å². The van der Waals surface area contributed by atoms with Gasteiger partial charge in [-0.15, -0.1) is 0 Å². The molecule has 0 heterocycles. The van der Waals surface area contributed by atoms with Crippen molar-refractivity contribution < 1.29 is 19.0 Å². The molecule has 5 heteroatoms. The molecule has 0 aliphatic rings. The van der Waals surface area contributed by atoms with Crippen LogP contribution in [0.25, 0.3) is 0 Å². The second-order valence-corrected chi connectivity index (χ2v) is 5.04. The number of nitrogens with one attached hydrogen (secondary N) is 1. The molecule has 1 amide bonds. The number of carbonyl (C=O) groups excluding carboxylic acids is 1. The van der Waals surface area contributed by atoms with Gasteiger partial charge in [0.15, 0.2) is 11.5 Å². The van der Waals surface area contributed by atoms with E-state index in [1.807, 2.05) is 25.1 Å². The van der Waals surface area contributed by atoms with Gasteiger partial charge in [-0.25, -0.2) is 0 Å². The van der Waals surface area contributed by atoms with Crippen molar-refractivity contribution in [1.29, 1.82) is 0 Å². The molecular weight excluding hydrogens is 294 g/mol. The van der Waals surface area contributed by atoms with Crippen LogP contribution in [-0.4, -0.2) is 27.2 Å². The number of ether oxygens (including phenoxy) is 3. The lowest BCUT2D eigenvalue weighted by atomic mass is 10.1. The van der Waals surface area contributed by atoms with Crippen LogP contribution in [0.3, 0.4) is 0 Å². The number of carbonyl (C=O) groups is 1. The largest absolute Gasteiger partial charge is 0.493 e. The summed E-state index contributed by atoms with van der Waals surface area (Å²) in [5, 5.41) is 2.88. The van der Waals surface area contributed by atoms with Gasteiger partial charge in [-0.05, 0) is 31.2 Å². The second-order valence-electron chi connectivity index (χ2n) is 5.04. The molecule has 2 rings (SSSR count). The highest BCUT2D eigenvalue weighted by Crippen LogP contribution is 2.39. The van der Waals surface area contributed by atoms with Crippen molar-refractivity contribution in [2.24, 2.45) is 0 Å². The van der Waals surface area contributed by atoms with Crippen LogP contribution in [0.1, 0.15) is 21.5 Å². The lowest BCUT2D eigenvalue weighted by Gasteiger charge is -2.16. The Morgan fingerprint density at radius 3 is 2.13 bits per heavy atom. The fourth-order valence-electron chi connectivity index (χ4n) is 2.28. The summed E-state index contributed by atoms with van der Waals surface area (Å²) >= 11 is 0. The van der Waals surface area contributed by atoms with Crippen molar-refractivity contribution in [3.05, 3.63) is 53.1 Å². The van der Waals surface area contributed by atoms with Gasteiger partial charge in [0.1, 0.15) is 0 Å². The van der Waals surface area contributed by atoms with E-state index in [1.54, 1.807) is 39.5 Å². The van der Waals surface area contributed by atoms with Crippen molar-refractivity contribution >= 4 is 5.91 Å². The van der Waals surface area contributed by atoms with Gasteiger partial charge in [0.05, 0.1) is 21.3 Å². The van der Waals surface area contributed by atoms with Crippen LogP contribution in [0.5, 0.6) is 17.2 Å². The predicted molar refractivity (Wildman–Crippen MR) is 88.4 cm³/mol. The van der Waals surface area contributed by atoms with Crippen molar-refractivity contribution in [1.82, 2.24) is 5.32 Å². The molecule has 0 aromatic heterocycles. The number of hydrogen-bond donors (Lipinski definition) is 1. The SMILES string of the molecule is COc1ccc(CNC(=O)c2ccc(C)cc2)c(OC)c1OC. The monoisotopic (exact) mass is 315 g/mol. The van der Waals surface area contributed by atoms with Gasteiger partial charge in [0.25, 0.3) is 5.91 Å². The minimum atomic E-state index is -0.137. The normalized spacial score (nSPS) is 10.1.